The molecule has 0 bridgehead atoms. The fourth-order valence-corrected chi connectivity index (χ4v) is 9.89. The number of carbonyl (C=O) groups is 2. The van der Waals surface area contributed by atoms with Crippen LogP contribution >= 0.6 is 0 Å². The van der Waals surface area contributed by atoms with Crippen LogP contribution < -0.4 is 31.1 Å². The molecular weight excluding hydrogens is 857 g/mol. The van der Waals surface area contributed by atoms with E-state index < -0.39 is 60.9 Å². The number of fused-ring (bicyclic) bond motifs is 2. The van der Waals surface area contributed by atoms with Gasteiger partial charge in [-0.05, 0) is 80.6 Å². The summed E-state index contributed by atoms with van der Waals surface area (Å²) in [6, 6.07) is 0.661. The van der Waals surface area contributed by atoms with Gasteiger partial charge in [0.15, 0.2) is 58.6 Å². The Hall–Kier alpha value is -5.08. The van der Waals surface area contributed by atoms with Crippen molar-refractivity contribution in [1.29, 1.82) is 0 Å². The summed E-state index contributed by atoms with van der Waals surface area (Å²) in [6.45, 7) is 7.16. The SMILES string of the molecule is CCNC(=O)[C@H]1O[C@@H](n2cnc3c(N[C@H]4CC[C@H](Nc5nc(N6CC[C@@H](N(C)C)C6)nc6c5ncn6[C@@H]5O[C@H](C(=O)NCC)[C@@H](O)[C@H]5O)CC4)nc(N4CC[C@@H](N(C)C)C4)nc32)[C@H](O)[C@@H]1O. The predicted molar refractivity (Wildman–Crippen MR) is 242 cm³/mol. The summed E-state index contributed by atoms with van der Waals surface area (Å²) in [6.07, 6.45) is -2.54. The van der Waals surface area contributed by atoms with Gasteiger partial charge in [-0.1, -0.05) is 0 Å². The minimum atomic E-state index is -1.45. The Bertz CT molecular complexity index is 2210. The highest BCUT2D eigenvalue weighted by Gasteiger charge is 2.49. The van der Waals surface area contributed by atoms with Crippen molar-refractivity contribution < 1.29 is 39.5 Å². The summed E-state index contributed by atoms with van der Waals surface area (Å²) < 4.78 is 15.1. The summed E-state index contributed by atoms with van der Waals surface area (Å²) in [5.74, 6) is 1.06. The normalized spacial score (nSPS) is 31.5. The average molecular weight is 921 g/mol. The highest BCUT2D eigenvalue weighted by Crippen LogP contribution is 2.37. The number of hydrogen-bond acceptors (Lipinski definition) is 20. The molecule has 5 aliphatic rings. The molecule has 4 aromatic heterocycles. The molecule has 0 aromatic carbocycles. The quantitative estimate of drug-likeness (QED) is 0.0722. The number of aliphatic hydroxyl groups is 4. The van der Waals surface area contributed by atoms with Crippen LogP contribution in [0.4, 0.5) is 23.5 Å². The van der Waals surface area contributed by atoms with Crippen LogP contribution in [0.1, 0.15) is 64.8 Å². The molecule has 5 fully saturated rings. The van der Waals surface area contributed by atoms with Gasteiger partial charge >= 0.3 is 0 Å². The summed E-state index contributed by atoms with van der Waals surface area (Å²) in [5.41, 5.74) is 1.75. The number of imidazole rings is 2. The van der Waals surface area contributed by atoms with Crippen molar-refractivity contribution in [3.63, 3.8) is 0 Å². The zero-order valence-electron chi connectivity index (χ0n) is 38.4. The number of nitrogens with zero attached hydrogens (tertiary/aromatic N) is 12. The second-order valence-corrected chi connectivity index (χ2v) is 18.6. The third-order valence-electron chi connectivity index (χ3n) is 13.8. The molecule has 24 heteroatoms. The van der Waals surface area contributed by atoms with Gasteiger partial charge in [0.25, 0.3) is 11.8 Å². The molecule has 0 radical (unpaired) electrons. The standard InChI is InChI=1S/C42H64N16O8/c1-7-43-37(63)31-27(59)29(61)39(65-31)57-19-45-25-33(49-41(51-35(25)57)55-15-13-23(17-55)53(3)4)47-21-9-11-22(12-10-21)48-34-26-36(52-42(50-34)56-16-14-24(18-56)54(5)6)58(20-46-26)40-30(62)28(60)32(66-40)38(64)44-8-2/h19-24,27-32,39-40,59-62H,7-18H2,1-6H3,(H,43,63)(H,44,64)(H,47,49,51)(H,48,50,52)/t21-,22-,23-,24-,27+,28+,29-,30-,31+,32+,39-,40-/m1/s1. The van der Waals surface area contributed by atoms with E-state index >= 15 is 0 Å². The molecule has 0 unspecified atom stereocenters. The summed E-state index contributed by atoms with van der Waals surface area (Å²) in [4.78, 5) is 63.5. The number of amides is 2. The van der Waals surface area contributed by atoms with Crippen molar-refractivity contribution in [2.45, 2.75) is 126 Å². The summed E-state index contributed by atoms with van der Waals surface area (Å²) in [7, 11) is 8.23. The van der Waals surface area contributed by atoms with Crippen LogP contribution in [0.2, 0.25) is 0 Å². The Morgan fingerprint density at radius 1 is 0.621 bits per heavy atom. The zero-order valence-corrected chi connectivity index (χ0v) is 38.4. The number of anilines is 4. The first kappa shape index (κ1) is 46.0. The average Bonchev–Trinajstić information content (AvgIpc) is 4.17. The molecule has 4 aromatic rings. The van der Waals surface area contributed by atoms with Crippen molar-refractivity contribution >= 4 is 57.7 Å². The summed E-state index contributed by atoms with van der Waals surface area (Å²) >= 11 is 0. The van der Waals surface area contributed by atoms with Gasteiger partial charge < -0.3 is 70.8 Å². The maximum absolute atomic E-state index is 12.7. The molecular formula is C42H64N16O8. The predicted octanol–water partition coefficient (Wildman–Crippen LogP) is -1.41. The third kappa shape index (κ3) is 8.68. The van der Waals surface area contributed by atoms with Crippen molar-refractivity contribution in [2.75, 3.05) is 87.9 Å². The Labute approximate surface area is 382 Å². The molecule has 10 atom stereocenters. The van der Waals surface area contributed by atoms with Gasteiger partial charge in [-0.3, -0.25) is 18.7 Å². The first-order valence-corrected chi connectivity index (χ1v) is 23.2. The Morgan fingerprint density at radius 2 is 1.02 bits per heavy atom. The van der Waals surface area contributed by atoms with Crippen molar-refractivity contribution in [2.24, 2.45) is 0 Å². The van der Waals surface area contributed by atoms with Crippen molar-refractivity contribution in [1.82, 2.24) is 59.5 Å². The number of rotatable bonds is 14. The van der Waals surface area contributed by atoms with E-state index in [1.165, 1.54) is 12.7 Å². The van der Waals surface area contributed by atoms with Crippen LogP contribution in [0.5, 0.6) is 0 Å². The van der Waals surface area contributed by atoms with E-state index in [2.05, 4.69) is 69.1 Å². The van der Waals surface area contributed by atoms with E-state index in [0.717, 1.165) is 64.7 Å². The van der Waals surface area contributed by atoms with Gasteiger partial charge in [0.2, 0.25) is 11.9 Å². The molecule has 1 aliphatic carbocycles. The van der Waals surface area contributed by atoms with Gasteiger partial charge in [0.1, 0.15) is 24.4 Å². The van der Waals surface area contributed by atoms with Gasteiger partial charge in [-0.15, -0.1) is 0 Å². The smallest absolute Gasteiger partial charge is 0.252 e. The van der Waals surface area contributed by atoms with E-state index in [1.807, 2.05) is 0 Å². The van der Waals surface area contributed by atoms with E-state index in [9.17, 15) is 30.0 Å². The molecule has 24 nitrogen and oxygen atoms in total. The first-order chi connectivity index (χ1) is 31.7. The minimum Gasteiger partial charge on any atom is -0.387 e. The minimum absolute atomic E-state index is 0.0163. The van der Waals surface area contributed by atoms with E-state index in [4.69, 9.17) is 39.4 Å². The second kappa shape index (κ2) is 18.9. The number of carbonyl (C=O) groups excluding carboxylic acids is 2. The molecule has 1 saturated carbocycles. The molecule has 8 N–H and O–H groups in total. The Morgan fingerprint density at radius 3 is 1.36 bits per heavy atom. The van der Waals surface area contributed by atoms with Crippen LogP contribution in [-0.4, -0.2) is 209 Å². The van der Waals surface area contributed by atoms with E-state index in [1.54, 1.807) is 23.0 Å². The van der Waals surface area contributed by atoms with Crippen LogP contribution in [0.15, 0.2) is 12.7 Å². The lowest BCUT2D eigenvalue weighted by Gasteiger charge is -2.31. The maximum Gasteiger partial charge on any atom is 0.252 e. The maximum atomic E-state index is 12.7. The van der Waals surface area contributed by atoms with Gasteiger partial charge in [0, 0.05) is 63.4 Å². The monoisotopic (exact) mass is 921 g/mol. The largest absolute Gasteiger partial charge is 0.387 e. The molecule has 360 valence electrons. The van der Waals surface area contributed by atoms with Gasteiger partial charge in [-0.25, -0.2) is 9.97 Å². The topological polar surface area (TPSA) is 282 Å². The number of likely N-dealkylation sites (N-methyl/N-ethyl adjacent to an activating group) is 4. The molecule has 0 spiro atoms. The van der Waals surface area contributed by atoms with Crippen molar-refractivity contribution in [3.8, 4) is 0 Å². The van der Waals surface area contributed by atoms with Gasteiger partial charge in [0.05, 0.1) is 12.7 Å². The number of aromatic nitrogens is 8. The fourth-order valence-electron chi connectivity index (χ4n) is 9.89. The fraction of sp³-hybridized carbons (Fsp3) is 0.714. The van der Waals surface area contributed by atoms with E-state index in [-0.39, 0.29) is 12.1 Å². The number of nitrogens with one attached hydrogen (secondary N) is 4. The lowest BCUT2D eigenvalue weighted by Crippen LogP contribution is -2.42. The summed E-state index contributed by atoms with van der Waals surface area (Å²) in [5, 5.41) is 56.7. The third-order valence-corrected chi connectivity index (χ3v) is 13.8. The van der Waals surface area contributed by atoms with Crippen molar-refractivity contribution in [3.05, 3.63) is 12.7 Å². The zero-order chi connectivity index (χ0) is 46.6. The molecule has 2 amide bonds. The molecule has 4 aliphatic heterocycles. The van der Waals surface area contributed by atoms with Gasteiger partial charge in [-0.2, -0.15) is 19.9 Å². The number of aliphatic hydroxyl groups excluding tert-OH is 4. The lowest BCUT2D eigenvalue weighted by atomic mass is 9.91. The van der Waals surface area contributed by atoms with Crippen LogP contribution in [0, 0.1) is 0 Å². The second-order valence-electron chi connectivity index (χ2n) is 18.6. The highest BCUT2D eigenvalue weighted by molar-refractivity contribution is 5.86. The molecule has 4 saturated heterocycles. The number of hydrogen-bond donors (Lipinski definition) is 8. The molecule has 8 heterocycles. The number of ether oxygens (including phenoxy) is 2. The van der Waals surface area contributed by atoms with Crippen LogP contribution in [0.25, 0.3) is 22.3 Å². The highest BCUT2D eigenvalue weighted by atomic mass is 16.6. The molecule has 9 rings (SSSR count). The Balaban J connectivity index is 0.958. The van der Waals surface area contributed by atoms with Crippen LogP contribution in [0.3, 0.4) is 0 Å². The van der Waals surface area contributed by atoms with Crippen LogP contribution in [-0.2, 0) is 19.1 Å². The first-order valence-electron chi connectivity index (χ1n) is 23.2. The molecule has 66 heavy (non-hydrogen) atoms. The Kier molecular flexibility index (Phi) is 13.2. The van der Waals surface area contributed by atoms with E-state index in [0.29, 0.717) is 71.0 Å². The lowest BCUT2D eigenvalue weighted by molar-refractivity contribution is -0.138.